The molecule has 0 bridgehead atoms. The molecule has 0 aromatic heterocycles. The minimum Gasteiger partial charge on any atom is -0.497 e. The summed E-state index contributed by atoms with van der Waals surface area (Å²) < 4.78 is 30.9. The van der Waals surface area contributed by atoms with Crippen LogP contribution in [-0.4, -0.2) is 13.7 Å². The van der Waals surface area contributed by atoms with Gasteiger partial charge in [-0.15, -0.1) is 12.4 Å². The average Bonchev–Trinajstić information content (AvgIpc) is 2.75. The lowest BCUT2D eigenvalue weighted by Crippen LogP contribution is -2.13. The Hall–Kier alpha value is -2.28. The summed E-state index contributed by atoms with van der Waals surface area (Å²) in [5.74, 6) is 1.90. The van der Waals surface area contributed by atoms with Gasteiger partial charge in [0.2, 0.25) is 0 Å². The highest BCUT2D eigenvalue weighted by molar-refractivity contribution is 9.10. The van der Waals surface area contributed by atoms with Crippen LogP contribution in [0.4, 0.5) is 4.39 Å². The standard InChI is InChI=1S/C24H25BrFNO3.ClH/c1-3-29-23-13-19(15-27-14-17-6-10-21(28-2)11-7-17)12-22(25)24(23)30-16-18-4-8-20(26)9-5-18;/h4-13,27H,3,14-16H2,1-2H3;1H. The summed E-state index contributed by atoms with van der Waals surface area (Å²) in [6, 6.07) is 18.3. The van der Waals surface area contributed by atoms with Crippen molar-refractivity contribution in [2.45, 2.75) is 26.6 Å². The molecule has 0 saturated heterocycles. The maximum Gasteiger partial charge on any atom is 0.175 e. The summed E-state index contributed by atoms with van der Waals surface area (Å²) in [5.41, 5.74) is 3.14. The van der Waals surface area contributed by atoms with E-state index in [0.29, 0.717) is 31.3 Å². The molecule has 3 aromatic carbocycles. The molecule has 0 fully saturated rings. The predicted molar refractivity (Wildman–Crippen MR) is 127 cm³/mol. The van der Waals surface area contributed by atoms with Crippen molar-refractivity contribution in [2.24, 2.45) is 0 Å². The number of halogens is 3. The van der Waals surface area contributed by atoms with Gasteiger partial charge in [-0.05, 0) is 75.9 Å². The molecule has 4 nitrogen and oxygen atoms in total. The molecule has 0 unspecified atom stereocenters. The Morgan fingerprint density at radius 3 is 2.16 bits per heavy atom. The van der Waals surface area contributed by atoms with Gasteiger partial charge in [-0.1, -0.05) is 24.3 Å². The van der Waals surface area contributed by atoms with E-state index in [2.05, 4.69) is 21.2 Å². The van der Waals surface area contributed by atoms with Crippen LogP contribution >= 0.6 is 28.3 Å². The van der Waals surface area contributed by atoms with Crippen molar-refractivity contribution in [1.29, 1.82) is 0 Å². The first-order valence-corrected chi connectivity index (χ1v) is 10.5. The smallest absolute Gasteiger partial charge is 0.175 e. The number of nitrogens with one attached hydrogen (secondary N) is 1. The molecule has 0 radical (unpaired) electrons. The van der Waals surface area contributed by atoms with E-state index in [0.717, 1.165) is 27.9 Å². The Labute approximate surface area is 197 Å². The maximum atomic E-state index is 13.1. The molecule has 31 heavy (non-hydrogen) atoms. The molecule has 3 aromatic rings. The fourth-order valence-corrected chi connectivity index (χ4v) is 3.56. The first-order chi connectivity index (χ1) is 14.6. The summed E-state index contributed by atoms with van der Waals surface area (Å²) in [5, 5.41) is 3.44. The van der Waals surface area contributed by atoms with Crippen molar-refractivity contribution in [2.75, 3.05) is 13.7 Å². The summed E-state index contributed by atoms with van der Waals surface area (Å²) in [6.45, 7) is 4.22. The van der Waals surface area contributed by atoms with E-state index in [1.54, 1.807) is 19.2 Å². The maximum absolute atomic E-state index is 13.1. The van der Waals surface area contributed by atoms with E-state index >= 15 is 0 Å². The summed E-state index contributed by atoms with van der Waals surface area (Å²) in [4.78, 5) is 0. The quantitative estimate of drug-likeness (QED) is 0.348. The monoisotopic (exact) mass is 509 g/mol. The van der Waals surface area contributed by atoms with E-state index in [1.165, 1.54) is 17.7 Å². The van der Waals surface area contributed by atoms with Crippen molar-refractivity contribution in [3.05, 3.63) is 87.6 Å². The van der Waals surface area contributed by atoms with Crippen LogP contribution in [0.1, 0.15) is 23.6 Å². The van der Waals surface area contributed by atoms with Crippen LogP contribution in [0.3, 0.4) is 0 Å². The third kappa shape index (κ3) is 7.42. The average molecular weight is 511 g/mol. The van der Waals surface area contributed by atoms with E-state index in [4.69, 9.17) is 14.2 Å². The van der Waals surface area contributed by atoms with Gasteiger partial charge in [-0.3, -0.25) is 0 Å². The van der Waals surface area contributed by atoms with Crippen LogP contribution in [0.25, 0.3) is 0 Å². The van der Waals surface area contributed by atoms with Crippen molar-refractivity contribution < 1.29 is 18.6 Å². The second-order valence-electron chi connectivity index (χ2n) is 6.70. The highest BCUT2D eigenvalue weighted by atomic mass is 79.9. The molecule has 1 N–H and O–H groups in total. The van der Waals surface area contributed by atoms with Crippen LogP contribution in [0.15, 0.2) is 65.1 Å². The zero-order valence-electron chi connectivity index (χ0n) is 17.5. The largest absolute Gasteiger partial charge is 0.497 e. The first kappa shape index (κ1) is 25.0. The second kappa shape index (κ2) is 12.5. The Kier molecular flexibility index (Phi) is 10.1. The molecule has 7 heteroatoms. The number of benzene rings is 3. The Bertz CT molecular complexity index is 952. The summed E-state index contributed by atoms with van der Waals surface area (Å²) >= 11 is 3.60. The summed E-state index contributed by atoms with van der Waals surface area (Å²) in [6.07, 6.45) is 0. The lowest BCUT2D eigenvalue weighted by atomic mass is 10.1. The third-order valence-electron chi connectivity index (χ3n) is 4.48. The molecule has 0 spiro atoms. The highest BCUT2D eigenvalue weighted by Gasteiger charge is 2.13. The Morgan fingerprint density at radius 2 is 1.52 bits per heavy atom. The third-order valence-corrected chi connectivity index (χ3v) is 5.07. The molecule has 3 rings (SSSR count). The van der Waals surface area contributed by atoms with E-state index in [1.807, 2.05) is 43.3 Å². The molecule has 0 aliphatic carbocycles. The number of methoxy groups -OCH3 is 1. The van der Waals surface area contributed by atoms with Gasteiger partial charge < -0.3 is 19.5 Å². The van der Waals surface area contributed by atoms with Gasteiger partial charge >= 0.3 is 0 Å². The van der Waals surface area contributed by atoms with Gasteiger partial charge in [-0.25, -0.2) is 4.39 Å². The normalized spacial score (nSPS) is 10.3. The molecule has 0 aliphatic heterocycles. The first-order valence-electron chi connectivity index (χ1n) is 9.75. The van der Waals surface area contributed by atoms with Crippen molar-refractivity contribution in [3.63, 3.8) is 0 Å². The van der Waals surface area contributed by atoms with Gasteiger partial charge in [0.1, 0.15) is 18.2 Å². The van der Waals surface area contributed by atoms with Crippen molar-refractivity contribution in [1.82, 2.24) is 5.32 Å². The van der Waals surface area contributed by atoms with Gasteiger partial charge in [0.15, 0.2) is 11.5 Å². The van der Waals surface area contributed by atoms with Crippen LogP contribution in [0.5, 0.6) is 17.2 Å². The fraction of sp³-hybridized carbons (Fsp3) is 0.250. The minimum absolute atomic E-state index is 0. The molecule has 0 heterocycles. The Morgan fingerprint density at radius 1 is 0.871 bits per heavy atom. The predicted octanol–water partition coefficient (Wildman–Crippen LogP) is 6.29. The number of hydrogen-bond acceptors (Lipinski definition) is 4. The molecular formula is C24H26BrClFNO3. The second-order valence-corrected chi connectivity index (χ2v) is 7.56. The molecule has 0 saturated carbocycles. The van der Waals surface area contributed by atoms with Gasteiger partial charge in [0, 0.05) is 13.1 Å². The highest BCUT2D eigenvalue weighted by Crippen LogP contribution is 2.37. The molecule has 0 atom stereocenters. The van der Waals surface area contributed by atoms with Crippen molar-refractivity contribution >= 4 is 28.3 Å². The zero-order chi connectivity index (χ0) is 21.3. The molecular weight excluding hydrogens is 485 g/mol. The van der Waals surface area contributed by atoms with E-state index in [9.17, 15) is 4.39 Å². The minimum atomic E-state index is -0.263. The molecule has 0 amide bonds. The van der Waals surface area contributed by atoms with Crippen molar-refractivity contribution in [3.8, 4) is 17.2 Å². The fourth-order valence-electron chi connectivity index (χ4n) is 2.96. The number of hydrogen-bond donors (Lipinski definition) is 1. The van der Waals surface area contributed by atoms with Crippen LogP contribution in [-0.2, 0) is 19.7 Å². The number of ether oxygens (including phenoxy) is 3. The van der Waals surface area contributed by atoms with Crippen LogP contribution in [0, 0.1) is 5.82 Å². The topological polar surface area (TPSA) is 39.7 Å². The van der Waals surface area contributed by atoms with Crippen LogP contribution < -0.4 is 19.5 Å². The lowest BCUT2D eigenvalue weighted by Gasteiger charge is -2.16. The van der Waals surface area contributed by atoms with Gasteiger partial charge in [0.05, 0.1) is 18.2 Å². The molecule has 0 aliphatic rings. The summed E-state index contributed by atoms with van der Waals surface area (Å²) in [7, 11) is 1.66. The van der Waals surface area contributed by atoms with E-state index in [-0.39, 0.29) is 18.2 Å². The number of rotatable bonds is 10. The molecule has 166 valence electrons. The lowest BCUT2D eigenvalue weighted by molar-refractivity contribution is 0.267. The van der Waals surface area contributed by atoms with Gasteiger partial charge in [-0.2, -0.15) is 0 Å². The van der Waals surface area contributed by atoms with Crippen LogP contribution in [0.2, 0.25) is 0 Å². The zero-order valence-corrected chi connectivity index (χ0v) is 19.9. The SMILES string of the molecule is CCOc1cc(CNCc2ccc(OC)cc2)cc(Br)c1OCc1ccc(F)cc1.Cl. The van der Waals surface area contributed by atoms with E-state index < -0.39 is 0 Å². The van der Waals surface area contributed by atoms with Gasteiger partial charge in [0.25, 0.3) is 0 Å². The Balaban J connectivity index is 0.00000341.